The zero-order valence-corrected chi connectivity index (χ0v) is 22.3. The first-order valence-electron chi connectivity index (χ1n) is 11.6. The Morgan fingerprint density at radius 1 is 0.615 bits per heavy atom. The van der Waals surface area contributed by atoms with Crippen molar-refractivity contribution in [1.29, 1.82) is 0 Å². The van der Waals surface area contributed by atoms with Gasteiger partial charge in [0.15, 0.2) is 0 Å². The van der Waals surface area contributed by atoms with Crippen molar-refractivity contribution in [2.75, 3.05) is 20.9 Å². The van der Waals surface area contributed by atoms with E-state index >= 15 is 0 Å². The summed E-state index contributed by atoms with van der Waals surface area (Å²) >= 11 is 18.2. The van der Waals surface area contributed by atoms with Crippen molar-refractivity contribution in [2.24, 2.45) is 0 Å². The molecule has 10 heteroatoms. The van der Waals surface area contributed by atoms with Gasteiger partial charge in [0, 0.05) is 28.3 Å². The fourth-order valence-electron chi connectivity index (χ4n) is 3.88. The standard InChI is InChI=1S/C29H19Cl3N4O3/c30-23-14-13-22(16-24(23)31)36-28(38)25(32)26(29(36)39)34-21-8-4-5-17(15-21)27(37)35-20-11-9-19(10-12-20)33-18-6-2-1-3-7-18/h1-16,33-34H,(H,35,37). The van der Waals surface area contributed by atoms with Crippen LogP contribution in [0.25, 0.3) is 0 Å². The molecule has 0 spiro atoms. The third kappa shape index (κ3) is 5.76. The highest BCUT2D eigenvalue weighted by atomic mass is 35.5. The van der Waals surface area contributed by atoms with Gasteiger partial charge in [0.1, 0.15) is 10.7 Å². The predicted molar refractivity (Wildman–Crippen MR) is 156 cm³/mol. The molecule has 7 nitrogen and oxygen atoms in total. The average Bonchev–Trinajstić information content (AvgIpc) is 3.15. The molecule has 5 rings (SSSR count). The fourth-order valence-corrected chi connectivity index (χ4v) is 4.39. The number of hydrogen-bond acceptors (Lipinski definition) is 5. The van der Waals surface area contributed by atoms with Crippen LogP contribution in [0.2, 0.25) is 10.0 Å². The SMILES string of the molecule is O=C(Nc1ccc(Nc2ccccc2)cc1)c1cccc(NC2=C(Cl)C(=O)N(c3ccc(Cl)c(Cl)c3)C2=O)c1. The van der Waals surface area contributed by atoms with Gasteiger partial charge < -0.3 is 16.0 Å². The number of carbonyl (C=O) groups is 3. The largest absolute Gasteiger partial charge is 0.356 e. The zero-order valence-electron chi connectivity index (χ0n) is 20.0. The maximum absolute atomic E-state index is 13.1. The van der Waals surface area contributed by atoms with Crippen LogP contribution in [0.15, 0.2) is 108 Å². The molecule has 3 amide bonds. The molecule has 0 atom stereocenters. The van der Waals surface area contributed by atoms with Crippen LogP contribution >= 0.6 is 34.8 Å². The molecule has 1 aliphatic rings. The van der Waals surface area contributed by atoms with E-state index < -0.39 is 11.8 Å². The fraction of sp³-hybridized carbons (Fsp3) is 0. The van der Waals surface area contributed by atoms with Crippen LogP contribution in [0.1, 0.15) is 10.4 Å². The summed E-state index contributed by atoms with van der Waals surface area (Å²) in [6.07, 6.45) is 0. The smallest absolute Gasteiger partial charge is 0.283 e. The molecule has 0 fully saturated rings. The summed E-state index contributed by atoms with van der Waals surface area (Å²) in [6.45, 7) is 0. The molecule has 0 aromatic heterocycles. The molecule has 3 N–H and O–H groups in total. The van der Waals surface area contributed by atoms with Crippen LogP contribution in [0.5, 0.6) is 0 Å². The highest BCUT2D eigenvalue weighted by Crippen LogP contribution is 2.33. The van der Waals surface area contributed by atoms with E-state index in [1.165, 1.54) is 18.2 Å². The third-order valence-corrected chi connectivity index (χ3v) is 6.88. The number of anilines is 5. The molecule has 0 radical (unpaired) electrons. The normalized spacial score (nSPS) is 13.1. The second-order valence-corrected chi connectivity index (χ2v) is 9.65. The molecule has 0 saturated carbocycles. The lowest BCUT2D eigenvalue weighted by atomic mass is 10.1. The molecule has 0 aliphatic carbocycles. The van der Waals surface area contributed by atoms with Gasteiger partial charge in [0.2, 0.25) is 0 Å². The topological polar surface area (TPSA) is 90.5 Å². The molecule has 4 aromatic rings. The lowest BCUT2D eigenvalue weighted by Crippen LogP contribution is -2.32. The van der Waals surface area contributed by atoms with E-state index in [1.807, 2.05) is 42.5 Å². The number of para-hydroxylation sites is 1. The molecule has 0 bridgehead atoms. The number of nitrogens with one attached hydrogen (secondary N) is 3. The Morgan fingerprint density at radius 3 is 2.00 bits per heavy atom. The first kappa shape index (κ1) is 26.3. The van der Waals surface area contributed by atoms with Crippen LogP contribution < -0.4 is 20.9 Å². The minimum Gasteiger partial charge on any atom is -0.356 e. The van der Waals surface area contributed by atoms with Gasteiger partial charge in [-0.15, -0.1) is 0 Å². The Morgan fingerprint density at radius 2 is 1.28 bits per heavy atom. The van der Waals surface area contributed by atoms with Crippen LogP contribution in [0.4, 0.5) is 28.4 Å². The number of hydrogen-bond donors (Lipinski definition) is 3. The molecule has 0 unspecified atom stereocenters. The number of rotatable bonds is 7. The van der Waals surface area contributed by atoms with Crippen molar-refractivity contribution in [3.8, 4) is 0 Å². The predicted octanol–water partition coefficient (Wildman–Crippen LogP) is 7.43. The number of benzene rings is 4. The van der Waals surface area contributed by atoms with E-state index in [0.29, 0.717) is 16.9 Å². The van der Waals surface area contributed by atoms with Gasteiger partial charge in [0.05, 0.1) is 15.7 Å². The summed E-state index contributed by atoms with van der Waals surface area (Å²) in [5.41, 5.74) is 3.28. The van der Waals surface area contributed by atoms with Gasteiger partial charge in [-0.2, -0.15) is 0 Å². The van der Waals surface area contributed by atoms with E-state index in [0.717, 1.165) is 16.3 Å². The average molecular weight is 578 g/mol. The molecular formula is C29H19Cl3N4O3. The van der Waals surface area contributed by atoms with E-state index in [9.17, 15) is 14.4 Å². The highest BCUT2D eigenvalue weighted by molar-refractivity contribution is 6.53. The number of amides is 3. The Hall–Kier alpha value is -4.30. The quantitative estimate of drug-likeness (QED) is 0.199. The molecular weight excluding hydrogens is 559 g/mol. The monoisotopic (exact) mass is 576 g/mol. The Labute approximate surface area is 239 Å². The third-order valence-electron chi connectivity index (χ3n) is 5.79. The Kier molecular flexibility index (Phi) is 7.56. The van der Waals surface area contributed by atoms with Gasteiger partial charge in [-0.05, 0) is 72.8 Å². The minimum absolute atomic E-state index is 0.119. The molecule has 39 heavy (non-hydrogen) atoms. The summed E-state index contributed by atoms with van der Waals surface area (Å²) in [6, 6.07) is 27.9. The second-order valence-electron chi connectivity index (χ2n) is 8.46. The maximum atomic E-state index is 13.1. The molecule has 1 aliphatic heterocycles. The molecule has 4 aromatic carbocycles. The summed E-state index contributed by atoms with van der Waals surface area (Å²) in [4.78, 5) is 39.6. The van der Waals surface area contributed by atoms with Gasteiger partial charge >= 0.3 is 0 Å². The van der Waals surface area contributed by atoms with Gasteiger partial charge in [-0.1, -0.05) is 59.1 Å². The molecule has 194 valence electrons. The maximum Gasteiger partial charge on any atom is 0.283 e. The van der Waals surface area contributed by atoms with Crippen LogP contribution in [-0.4, -0.2) is 17.7 Å². The first-order valence-corrected chi connectivity index (χ1v) is 12.8. The van der Waals surface area contributed by atoms with Crippen molar-refractivity contribution in [3.63, 3.8) is 0 Å². The summed E-state index contributed by atoms with van der Waals surface area (Å²) in [7, 11) is 0. The van der Waals surface area contributed by atoms with E-state index in [1.54, 1.807) is 36.4 Å². The summed E-state index contributed by atoms with van der Waals surface area (Å²) in [5, 5.41) is 9.19. The van der Waals surface area contributed by atoms with Crippen molar-refractivity contribution >= 4 is 81.0 Å². The van der Waals surface area contributed by atoms with Crippen molar-refractivity contribution in [3.05, 3.63) is 123 Å². The van der Waals surface area contributed by atoms with Crippen LogP contribution in [0, 0.1) is 0 Å². The van der Waals surface area contributed by atoms with E-state index in [4.69, 9.17) is 34.8 Å². The Balaban J connectivity index is 1.27. The number of imide groups is 1. The number of nitrogens with zero attached hydrogens (tertiary/aromatic N) is 1. The lowest BCUT2D eigenvalue weighted by molar-refractivity contribution is -0.120. The van der Waals surface area contributed by atoms with Crippen molar-refractivity contribution in [2.45, 2.75) is 0 Å². The lowest BCUT2D eigenvalue weighted by Gasteiger charge is -2.16. The van der Waals surface area contributed by atoms with Crippen LogP contribution in [0.3, 0.4) is 0 Å². The van der Waals surface area contributed by atoms with Crippen molar-refractivity contribution in [1.82, 2.24) is 0 Å². The zero-order chi connectivity index (χ0) is 27.5. The Bertz CT molecular complexity index is 1620. The van der Waals surface area contributed by atoms with E-state index in [2.05, 4.69) is 16.0 Å². The van der Waals surface area contributed by atoms with E-state index in [-0.39, 0.29) is 32.4 Å². The minimum atomic E-state index is -0.707. The summed E-state index contributed by atoms with van der Waals surface area (Å²) < 4.78 is 0. The number of halogens is 3. The second kappa shape index (κ2) is 11.2. The summed E-state index contributed by atoms with van der Waals surface area (Å²) in [5.74, 6) is -1.72. The highest BCUT2D eigenvalue weighted by Gasteiger charge is 2.39. The van der Waals surface area contributed by atoms with Gasteiger partial charge in [-0.25, -0.2) is 4.90 Å². The molecule has 0 saturated heterocycles. The molecule has 1 heterocycles. The first-order chi connectivity index (χ1) is 18.8. The van der Waals surface area contributed by atoms with Gasteiger partial charge in [-0.3, -0.25) is 14.4 Å². The number of carbonyl (C=O) groups excluding carboxylic acids is 3. The van der Waals surface area contributed by atoms with Crippen LogP contribution in [-0.2, 0) is 9.59 Å². The van der Waals surface area contributed by atoms with Crippen molar-refractivity contribution < 1.29 is 14.4 Å². The van der Waals surface area contributed by atoms with Gasteiger partial charge in [0.25, 0.3) is 17.7 Å².